The van der Waals surface area contributed by atoms with E-state index >= 15 is 0 Å². The van der Waals surface area contributed by atoms with Gasteiger partial charge in [-0.1, -0.05) is 18.5 Å². The standard InChI is InChI=1S/C15H18Cl2N2/c1-2-15(6-7-15)10-19-13-4-3-11(17)9-12(13)18-14(19)5-8-16/h3-4,9H,2,5-8,10H2,1H3. The lowest BCUT2D eigenvalue weighted by atomic mass is 10.0. The number of nitrogens with zero attached hydrogens (tertiary/aromatic N) is 2. The number of fused-ring (bicyclic) bond motifs is 1. The Labute approximate surface area is 123 Å². The van der Waals surface area contributed by atoms with Crippen LogP contribution in [0.3, 0.4) is 0 Å². The fourth-order valence-electron chi connectivity index (χ4n) is 2.74. The Morgan fingerprint density at radius 2 is 2.16 bits per heavy atom. The summed E-state index contributed by atoms with van der Waals surface area (Å²) in [6, 6.07) is 5.96. The van der Waals surface area contributed by atoms with Crippen molar-refractivity contribution in [1.82, 2.24) is 9.55 Å². The van der Waals surface area contributed by atoms with Crippen LogP contribution < -0.4 is 0 Å². The highest BCUT2D eigenvalue weighted by Crippen LogP contribution is 2.50. The van der Waals surface area contributed by atoms with Crippen LogP contribution in [-0.4, -0.2) is 15.4 Å². The van der Waals surface area contributed by atoms with Crippen molar-refractivity contribution >= 4 is 34.2 Å². The molecule has 0 amide bonds. The highest BCUT2D eigenvalue weighted by molar-refractivity contribution is 6.31. The lowest BCUT2D eigenvalue weighted by Crippen LogP contribution is -2.13. The molecule has 0 unspecified atom stereocenters. The Morgan fingerprint density at radius 3 is 2.79 bits per heavy atom. The Hall–Kier alpha value is -0.730. The van der Waals surface area contributed by atoms with Crippen molar-refractivity contribution in [3.63, 3.8) is 0 Å². The average Bonchev–Trinajstić information content (AvgIpc) is 3.10. The zero-order chi connectivity index (χ0) is 13.5. The van der Waals surface area contributed by atoms with Crippen molar-refractivity contribution in [3.05, 3.63) is 29.0 Å². The normalized spacial score (nSPS) is 17.0. The smallest absolute Gasteiger partial charge is 0.111 e. The molecule has 4 heteroatoms. The number of hydrogen-bond donors (Lipinski definition) is 0. The minimum atomic E-state index is 0.494. The molecule has 0 bridgehead atoms. The summed E-state index contributed by atoms with van der Waals surface area (Å²) < 4.78 is 2.35. The second-order valence-corrected chi connectivity index (χ2v) is 6.35. The van der Waals surface area contributed by atoms with Crippen LogP contribution in [-0.2, 0) is 13.0 Å². The predicted octanol–water partition coefficient (Wildman–Crippen LogP) is 4.66. The van der Waals surface area contributed by atoms with Crippen LogP contribution >= 0.6 is 23.2 Å². The Balaban J connectivity index is 2.06. The van der Waals surface area contributed by atoms with E-state index in [1.54, 1.807) is 0 Å². The van der Waals surface area contributed by atoms with E-state index in [1.165, 1.54) is 24.8 Å². The van der Waals surface area contributed by atoms with E-state index < -0.39 is 0 Å². The number of rotatable bonds is 5. The third-order valence-corrected chi connectivity index (χ3v) is 4.73. The molecule has 1 aromatic heterocycles. The molecule has 3 rings (SSSR count). The molecule has 0 aliphatic heterocycles. The van der Waals surface area contributed by atoms with Gasteiger partial charge >= 0.3 is 0 Å². The molecule has 0 atom stereocenters. The first-order valence-corrected chi connectivity index (χ1v) is 7.79. The second kappa shape index (κ2) is 4.99. The SMILES string of the molecule is CCC1(Cn2c(CCCl)nc3cc(Cl)ccc32)CC1. The maximum atomic E-state index is 6.05. The maximum absolute atomic E-state index is 6.05. The van der Waals surface area contributed by atoms with Crippen LogP contribution in [0.2, 0.25) is 5.02 Å². The molecule has 19 heavy (non-hydrogen) atoms. The third-order valence-electron chi connectivity index (χ3n) is 4.31. The third kappa shape index (κ3) is 2.48. The molecule has 0 radical (unpaired) electrons. The van der Waals surface area contributed by atoms with Crippen LogP contribution in [0.15, 0.2) is 18.2 Å². The van der Waals surface area contributed by atoms with Gasteiger partial charge in [0.15, 0.2) is 0 Å². The Morgan fingerprint density at radius 1 is 1.37 bits per heavy atom. The van der Waals surface area contributed by atoms with Gasteiger partial charge < -0.3 is 4.57 Å². The van der Waals surface area contributed by atoms with Gasteiger partial charge in [-0.05, 0) is 42.9 Å². The zero-order valence-electron chi connectivity index (χ0n) is 11.1. The first kappa shape index (κ1) is 13.3. The Kier molecular flexibility index (Phi) is 3.48. The number of benzene rings is 1. The zero-order valence-corrected chi connectivity index (χ0v) is 12.6. The van der Waals surface area contributed by atoms with Crippen LogP contribution in [0, 0.1) is 5.41 Å². The highest BCUT2D eigenvalue weighted by Gasteiger charge is 2.41. The van der Waals surface area contributed by atoms with Crippen molar-refractivity contribution in [3.8, 4) is 0 Å². The molecule has 2 aromatic rings. The number of hydrogen-bond acceptors (Lipinski definition) is 1. The second-order valence-electron chi connectivity index (χ2n) is 5.54. The lowest BCUT2D eigenvalue weighted by molar-refractivity contribution is 0.408. The largest absolute Gasteiger partial charge is 0.327 e. The quantitative estimate of drug-likeness (QED) is 0.734. The van der Waals surface area contributed by atoms with Gasteiger partial charge in [-0.15, -0.1) is 11.6 Å². The molecule has 1 aliphatic rings. The minimum absolute atomic E-state index is 0.494. The summed E-state index contributed by atoms with van der Waals surface area (Å²) in [5.41, 5.74) is 2.66. The van der Waals surface area contributed by atoms with E-state index in [9.17, 15) is 0 Å². The van der Waals surface area contributed by atoms with Crippen LogP contribution in [0.1, 0.15) is 32.0 Å². The molecular weight excluding hydrogens is 279 g/mol. The molecule has 0 N–H and O–H groups in total. The van der Waals surface area contributed by atoms with Crippen LogP contribution in [0.25, 0.3) is 11.0 Å². The van der Waals surface area contributed by atoms with Gasteiger partial charge in [0.05, 0.1) is 11.0 Å². The summed E-state index contributed by atoms with van der Waals surface area (Å²) in [6.07, 6.45) is 4.71. The van der Waals surface area contributed by atoms with Gasteiger partial charge in [-0.3, -0.25) is 0 Å². The topological polar surface area (TPSA) is 17.8 Å². The summed E-state index contributed by atoms with van der Waals surface area (Å²) in [5, 5.41) is 0.742. The summed E-state index contributed by atoms with van der Waals surface area (Å²) in [7, 11) is 0. The highest BCUT2D eigenvalue weighted by atomic mass is 35.5. The lowest BCUT2D eigenvalue weighted by Gasteiger charge is -2.16. The first-order valence-electron chi connectivity index (χ1n) is 6.88. The average molecular weight is 297 g/mol. The predicted molar refractivity (Wildman–Crippen MR) is 81.1 cm³/mol. The van der Waals surface area contributed by atoms with Crippen LogP contribution in [0.5, 0.6) is 0 Å². The summed E-state index contributed by atoms with van der Waals surface area (Å²) in [4.78, 5) is 4.70. The molecule has 1 heterocycles. The Bertz CT molecular complexity index is 599. The van der Waals surface area contributed by atoms with Crippen molar-refractivity contribution < 1.29 is 0 Å². The van der Waals surface area contributed by atoms with Gasteiger partial charge in [0, 0.05) is 23.9 Å². The van der Waals surface area contributed by atoms with E-state index in [2.05, 4.69) is 17.6 Å². The van der Waals surface area contributed by atoms with Crippen molar-refractivity contribution in [1.29, 1.82) is 0 Å². The summed E-state index contributed by atoms with van der Waals surface area (Å²) in [6.45, 7) is 3.35. The van der Waals surface area contributed by atoms with E-state index in [0.29, 0.717) is 11.3 Å². The van der Waals surface area contributed by atoms with E-state index in [4.69, 9.17) is 28.2 Å². The molecular formula is C15H18Cl2N2. The summed E-state index contributed by atoms with van der Waals surface area (Å²) >= 11 is 12.0. The summed E-state index contributed by atoms with van der Waals surface area (Å²) in [5.74, 6) is 1.70. The number of aromatic nitrogens is 2. The van der Waals surface area contributed by atoms with Crippen molar-refractivity contribution in [2.24, 2.45) is 5.41 Å². The number of alkyl halides is 1. The van der Waals surface area contributed by atoms with Crippen molar-refractivity contribution in [2.45, 2.75) is 39.2 Å². The fraction of sp³-hybridized carbons (Fsp3) is 0.533. The van der Waals surface area contributed by atoms with Crippen molar-refractivity contribution in [2.75, 3.05) is 5.88 Å². The number of halogens is 2. The van der Waals surface area contributed by atoms with Gasteiger partial charge in [0.25, 0.3) is 0 Å². The minimum Gasteiger partial charge on any atom is -0.327 e. The van der Waals surface area contributed by atoms with Crippen LogP contribution in [0.4, 0.5) is 0 Å². The van der Waals surface area contributed by atoms with Gasteiger partial charge in [-0.25, -0.2) is 4.98 Å². The maximum Gasteiger partial charge on any atom is 0.111 e. The molecule has 0 spiro atoms. The van der Waals surface area contributed by atoms with Gasteiger partial charge in [0.2, 0.25) is 0 Å². The van der Waals surface area contributed by atoms with E-state index in [1.807, 2.05) is 12.1 Å². The molecule has 1 aromatic carbocycles. The first-order chi connectivity index (χ1) is 9.17. The van der Waals surface area contributed by atoms with E-state index in [-0.39, 0.29) is 0 Å². The fourth-order valence-corrected chi connectivity index (χ4v) is 3.08. The van der Waals surface area contributed by atoms with E-state index in [0.717, 1.165) is 29.3 Å². The van der Waals surface area contributed by atoms with Gasteiger partial charge in [-0.2, -0.15) is 0 Å². The monoisotopic (exact) mass is 296 g/mol. The molecule has 1 fully saturated rings. The molecule has 1 saturated carbocycles. The molecule has 0 saturated heterocycles. The molecule has 102 valence electrons. The van der Waals surface area contributed by atoms with Gasteiger partial charge in [0.1, 0.15) is 5.82 Å². The number of imidazole rings is 1. The molecule has 1 aliphatic carbocycles. The molecule has 2 nitrogen and oxygen atoms in total. The number of aryl methyl sites for hydroxylation is 1.